The van der Waals surface area contributed by atoms with Gasteiger partial charge in [0.2, 0.25) is 6.79 Å². The van der Waals surface area contributed by atoms with E-state index in [2.05, 4.69) is 4.90 Å². The van der Waals surface area contributed by atoms with Crippen LogP contribution in [0.25, 0.3) is 0 Å². The molecule has 0 saturated carbocycles. The standard InChI is InChI=1S/C20H21ClN2O4/c1-25-17-5-3-16(21)10-15(17)12-22-6-8-23(9-7-22)20(24)14-2-4-18-19(11-14)27-13-26-18/h2-5,10-11H,6-9,12-13H2,1H3. The molecule has 0 unspecified atom stereocenters. The Morgan fingerprint density at radius 1 is 1.07 bits per heavy atom. The van der Waals surface area contributed by atoms with Gasteiger partial charge in [-0.3, -0.25) is 9.69 Å². The minimum Gasteiger partial charge on any atom is -0.496 e. The zero-order valence-corrected chi connectivity index (χ0v) is 15.9. The largest absolute Gasteiger partial charge is 0.496 e. The van der Waals surface area contributed by atoms with Crippen molar-refractivity contribution in [3.63, 3.8) is 0 Å². The Morgan fingerprint density at radius 2 is 1.85 bits per heavy atom. The minimum absolute atomic E-state index is 0.0216. The zero-order chi connectivity index (χ0) is 18.8. The molecule has 0 spiro atoms. The molecule has 0 N–H and O–H groups in total. The van der Waals surface area contributed by atoms with Gasteiger partial charge in [-0.15, -0.1) is 0 Å². The second-order valence-corrected chi connectivity index (χ2v) is 7.03. The summed E-state index contributed by atoms with van der Waals surface area (Å²) >= 11 is 6.12. The van der Waals surface area contributed by atoms with Gasteiger partial charge < -0.3 is 19.1 Å². The number of hydrogen-bond acceptors (Lipinski definition) is 5. The molecular weight excluding hydrogens is 368 g/mol. The lowest BCUT2D eigenvalue weighted by molar-refractivity contribution is 0.0627. The topological polar surface area (TPSA) is 51.2 Å². The van der Waals surface area contributed by atoms with Crippen molar-refractivity contribution < 1.29 is 19.0 Å². The molecular formula is C20H21ClN2O4. The quantitative estimate of drug-likeness (QED) is 0.805. The van der Waals surface area contributed by atoms with Crippen LogP contribution in [0.3, 0.4) is 0 Å². The summed E-state index contributed by atoms with van der Waals surface area (Å²) < 4.78 is 16.1. The Hall–Kier alpha value is -2.44. The Bertz CT molecular complexity index is 850. The molecule has 2 aromatic rings. The van der Waals surface area contributed by atoms with Gasteiger partial charge in [0.25, 0.3) is 5.91 Å². The summed E-state index contributed by atoms with van der Waals surface area (Å²) in [5.41, 5.74) is 1.68. The fourth-order valence-electron chi connectivity index (χ4n) is 3.43. The predicted octanol–water partition coefficient (Wildman–Crippen LogP) is 3.04. The average molecular weight is 389 g/mol. The molecule has 0 atom stereocenters. The van der Waals surface area contributed by atoms with Crippen molar-refractivity contribution in [3.8, 4) is 17.2 Å². The highest BCUT2D eigenvalue weighted by atomic mass is 35.5. The maximum absolute atomic E-state index is 12.8. The molecule has 2 aliphatic heterocycles. The number of methoxy groups -OCH3 is 1. The number of carbonyl (C=O) groups is 1. The zero-order valence-electron chi connectivity index (χ0n) is 15.1. The third kappa shape index (κ3) is 3.82. The number of piperazine rings is 1. The number of halogens is 1. The Labute approximate surface area is 163 Å². The molecule has 6 nitrogen and oxygen atoms in total. The molecule has 0 aromatic heterocycles. The van der Waals surface area contributed by atoms with Crippen LogP contribution in [0.2, 0.25) is 5.02 Å². The van der Waals surface area contributed by atoms with Crippen molar-refractivity contribution in [1.82, 2.24) is 9.80 Å². The molecule has 2 aromatic carbocycles. The van der Waals surface area contributed by atoms with E-state index in [1.54, 1.807) is 25.3 Å². The maximum atomic E-state index is 12.8. The van der Waals surface area contributed by atoms with Crippen molar-refractivity contribution in [1.29, 1.82) is 0 Å². The van der Waals surface area contributed by atoms with Crippen LogP contribution in [0, 0.1) is 0 Å². The first kappa shape index (κ1) is 17.9. The second-order valence-electron chi connectivity index (χ2n) is 6.59. The molecule has 0 aliphatic carbocycles. The number of ether oxygens (including phenoxy) is 3. The lowest BCUT2D eigenvalue weighted by atomic mass is 10.1. The Balaban J connectivity index is 1.37. The van der Waals surface area contributed by atoms with E-state index in [4.69, 9.17) is 25.8 Å². The van der Waals surface area contributed by atoms with Crippen molar-refractivity contribution in [3.05, 3.63) is 52.5 Å². The normalized spacial score (nSPS) is 16.4. The van der Waals surface area contributed by atoms with Crippen LogP contribution in [0.4, 0.5) is 0 Å². The lowest BCUT2D eigenvalue weighted by Gasteiger charge is -2.35. The predicted molar refractivity (Wildman–Crippen MR) is 102 cm³/mol. The van der Waals surface area contributed by atoms with Crippen LogP contribution >= 0.6 is 11.6 Å². The van der Waals surface area contributed by atoms with E-state index < -0.39 is 0 Å². The van der Waals surface area contributed by atoms with Crippen LogP contribution in [-0.4, -0.2) is 55.8 Å². The summed E-state index contributed by atoms with van der Waals surface area (Å²) in [5.74, 6) is 2.17. The molecule has 0 radical (unpaired) electrons. The second kappa shape index (κ2) is 7.66. The molecule has 2 heterocycles. The Kier molecular flexibility index (Phi) is 5.09. The monoisotopic (exact) mass is 388 g/mol. The van der Waals surface area contributed by atoms with Crippen LogP contribution in [0.5, 0.6) is 17.2 Å². The highest BCUT2D eigenvalue weighted by Gasteiger charge is 2.24. The number of nitrogens with zero attached hydrogens (tertiary/aromatic N) is 2. The number of hydrogen-bond donors (Lipinski definition) is 0. The highest BCUT2D eigenvalue weighted by Crippen LogP contribution is 2.33. The van der Waals surface area contributed by atoms with E-state index in [1.165, 1.54) is 0 Å². The first-order chi connectivity index (χ1) is 13.1. The smallest absolute Gasteiger partial charge is 0.254 e. The van der Waals surface area contributed by atoms with Crippen molar-refractivity contribution in [2.45, 2.75) is 6.54 Å². The molecule has 142 valence electrons. The molecule has 0 bridgehead atoms. The van der Waals surface area contributed by atoms with Gasteiger partial charge in [-0.2, -0.15) is 0 Å². The van der Waals surface area contributed by atoms with Crippen LogP contribution in [0.1, 0.15) is 15.9 Å². The number of fused-ring (bicyclic) bond motifs is 1. The number of rotatable bonds is 4. The summed E-state index contributed by atoms with van der Waals surface area (Å²) in [6.45, 7) is 3.90. The third-order valence-corrected chi connectivity index (χ3v) is 5.15. The fraction of sp³-hybridized carbons (Fsp3) is 0.350. The summed E-state index contributed by atoms with van der Waals surface area (Å²) in [6.07, 6.45) is 0. The van der Waals surface area contributed by atoms with Gasteiger partial charge in [0.1, 0.15) is 5.75 Å². The SMILES string of the molecule is COc1ccc(Cl)cc1CN1CCN(C(=O)c2ccc3c(c2)OCO3)CC1. The van der Waals surface area contributed by atoms with Crippen molar-refractivity contribution in [2.24, 2.45) is 0 Å². The number of carbonyl (C=O) groups excluding carboxylic acids is 1. The van der Waals surface area contributed by atoms with Crippen molar-refractivity contribution >= 4 is 17.5 Å². The fourth-order valence-corrected chi connectivity index (χ4v) is 3.63. The van der Waals surface area contributed by atoms with Gasteiger partial charge in [0.05, 0.1) is 7.11 Å². The third-order valence-electron chi connectivity index (χ3n) is 4.92. The lowest BCUT2D eigenvalue weighted by Crippen LogP contribution is -2.48. The summed E-state index contributed by atoms with van der Waals surface area (Å²) in [6, 6.07) is 11.0. The van der Waals surface area contributed by atoms with Crippen molar-refractivity contribution in [2.75, 3.05) is 40.1 Å². The molecule has 7 heteroatoms. The van der Waals surface area contributed by atoms with E-state index in [-0.39, 0.29) is 12.7 Å². The van der Waals surface area contributed by atoms with E-state index in [9.17, 15) is 4.79 Å². The van der Waals surface area contributed by atoms with E-state index >= 15 is 0 Å². The summed E-state index contributed by atoms with van der Waals surface area (Å²) in [5, 5.41) is 0.697. The first-order valence-electron chi connectivity index (χ1n) is 8.88. The van der Waals surface area contributed by atoms with E-state index in [0.717, 1.165) is 30.9 Å². The van der Waals surface area contributed by atoms with E-state index in [1.807, 2.05) is 23.1 Å². The first-order valence-corrected chi connectivity index (χ1v) is 9.25. The molecule has 4 rings (SSSR count). The Morgan fingerprint density at radius 3 is 2.63 bits per heavy atom. The minimum atomic E-state index is 0.0216. The maximum Gasteiger partial charge on any atom is 0.254 e. The average Bonchev–Trinajstić information content (AvgIpc) is 3.16. The summed E-state index contributed by atoms with van der Waals surface area (Å²) in [7, 11) is 1.66. The van der Waals surface area contributed by atoms with Gasteiger partial charge in [-0.25, -0.2) is 0 Å². The van der Waals surface area contributed by atoms with Gasteiger partial charge in [-0.1, -0.05) is 11.6 Å². The van der Waals surface area contributed by atoms with E-state index in [0.29, 0.717) is 35.2 Å². The van der Waals surface area contributed by atoms with Gasteiger partial charge in [-0.05, 0) is 36.4 Å². The number of benzene rings is 2. The van der Waals surface area contributed by atoms with Crippen LogP contribution < -0.4 is 14.2 Å². The number of amides is 1. The molecule has 1 saturated heterocycles. The molecule has 1 fully saturated rings. The molecule has 27 heavy (non-hydrogen) atoms. The molecule has 2 aliphatic rings. The van der Waals surface area contributed by atoms with Gasteiger partial charge in [0.15, 0.2) is 11.5 Å². The van der Waals surface area contributed by atoms with Crippen LogP contribution in [-0.2, 0) is 6.54 Å². The molecule has 1 amide bonds. The van der Waals surface area contributed by atoms with Gasteiger partial charge in [0, 0.05) is 48.9 Å². The van der Waals surface area contributed by atoms with Gasteiger partial charge >= 0.3 is 0 Å². The van der Waals surface area contributed by atoms with Crippen LogP contribution in [0.15, 0.2) is 36.4 Å². The highest BCUT2D eigenvalue weighted by molar-refractivity contribution is 6.30. The summed E-state index contributed by atoms with van der Waals surface area (Å²) in [4.78, 5) is 17.0.